The Balaban J connectivity index is 1.94. The number of methoxy groups -OCH3 is 1. The van der Waals surface area contributed by atoms with Crippen molar-refractivity contribution in [3.05, 3.63) is 24.3 Å². The first-order valence-electron chi connectivity index (χ1n) is 9.04. The van der Waals surface area contributed by atoms with Crippen LogP contribution in [0.3, 0.4) is 0 Å². The maximum absolute atomic E-state index is 12.5. The Labute approximate surface area is 163 Å². The summed E-state index contributed by atoms with van der Waals surface area (Å²) in [6.07, 6.45) is -0.278. The Bertz CT molecular complexity index is 775. The number of carbonyl (C=O) groups excluding carboxylic acids is 4. The van der Waals surface area contributed by atoms with Gasteiger partial charge in [-0.25, -0.2) is 4.79 Å². The molecule has 1 aliphatic heterocycles. The molecular formula is C19H25N3O6. The number of urea groups is 1. The zero-order valence-electron chi connectivity index (χ0n) is 16.4. The molecule has 0 spiro atoms. The number of hydrogen-bond donors (Lipinski definition) is 2. The van der Waals surface area contributed by atoms with Gasteiger partial charge in [0.15, 0.2) is 6.10 Å². The van der Waals surface area contributed by atoms with Crippen LogP contribution in [-0.4, -0.2) is 54.0 Å². The number of nitrogens with zero attached hydrogens (tertiary/aromatic N) is 1. The molecule has 1 saturated heterocycles. The predicted molar refractivity (Wildman–Crippen MR) is 101 cm³/mol. The van der Waals surface area contributed by atoms with Crippen molar-refractivity contribution in [1.82, 2.24) is 10.2 Å². The van der Waals surface area contributed by atoms with Gasteiger partial charge in [-0.3, -0.25) is 19.3 Å². The summed E-state index contributed by atoms with van der Waals surface area (Å²) in [4.78, 5) is 49.8. The number of imide groups is 1. The fourth-order valence-corrected chi connectivity index (χ4v) is 2.91. The van der Waals surface area contributed by atoms with Gasteiger partial charge in [0.1, 0.15) is 17.8 Å². The minimum Gasteiger partial charge on any atom is -0.497 e. The molecule has 0 radical (unpaired) electrons. The molecule has 0 aliphatic carbocycles. The maximum Gasteiger partial charge on any atom is 0.327 e. The molecule has 1 aromatic carbocycles. The summed E-state index contributed by atoms with van der Waals surface area (Å²) in [7, 11) is 1.51. The van der Waals surface area contributed by atoms with E-state index >= 15 is 0 Å². The topological polar surface area (TPSA) is 114 Å². The van der Waals surface area contributed by atoms with Gasteiger partial charge in [0.25, 0.3) is 11.8 Å². The second-order valence-corrected chi connectivity index (χ2v) is 6.46. The third kappa shape index (κ3) is 4.41. The fourth-order valence-electron chi connectivity index (χ4n) is 2.91. The summed E-state index contributed by atoms with van der Waals surface area (Å²) < 4.78 is 10.2. The first-order chi connectivity index (χ1) is 13.3. The lowest BCUT2D eigenvalue weighted by Crippen LogP contribution is -2.46. The van der Waals surface area contributed by atoms with E-state index in [9.17, 15) is 19.2 Å². The Morgan fingerprint density at radius 3 is 2.50 bits per heavy atom. The van der Waals surface area contributed by atoms with Crippen LogP contribution in [0.25, 0.3) is 0 Å². The minimum atomic E-state index is -1.11. The Morgan fingerprint density at radius 2 is 1.93 bits per heavy atom. The van der Waals surface area contributed by atoms with Crippen molar-refractivity contribution in [1.29, 1.82) is 0 Å². The molecule has 2 rings (SSSR count). The normalized spacial score (nSPS) is 16.4. The molecule has 1 aliphatic rings. The zero-order chi connectivity index (χ0) is 20.9. The standard InChI is InChI=1S/C19H25N3O6/c1-5-19(6-2)17(25)22(18(26)21-19)11-15(23)28-12(3)16(24)20-13-8-7-9-14(10-13)27-4/h7-10,12H,5-6,11H2,1-4H3,(H,20,24)(H,21,26)/t12-/m0/s1. The summed E-state index contributed by atoms with van der Waals surface area (Å²) in [5, 5.41) is 5.24. The summed E-state index contributed by atoms with van der Waals surface area (Å²) in [6.45, 7) is 4.42. The van der Waals surface area contributed by atoms with Gasteiger partial charge in [0, 0.05) is 11.8 Å². The summed E-state index contributed by atoms with van der Waals surface area (Å²) in [6, 6.07) is 6.07. The highest BCUT2D eigenvalue weighted by Crippen LogP contribution is 2.24. The van der Waals surface area contributed by atoms with Crippen molar-refractivity contribution in [3.8, 4) is 5.75 Å². The molecular weight excluding hydrogens is 366 g/mol. The van der Waals surface area contributed by atoms with Gasteiger partial charge in [-0.05, 0) is 31.9 Å². The maximum atomic E-state index is 12.5. The van der Waals surface area contributed by atoms with Crippen molar-refractivity contribution in [2.75, 3.05) is 19.0 Å². The molecule has 2 N–H and O–H groups in total. The highest BCUT2D eigenvalue weighted by Gasteiger charge is 2.49. The number of rotatable bonds is 8. The molecule has 9 heteroatoms. The van der Waals surface area contributed by atoms with Crippen molar-refractivity contribution in [2.24, 2.45) is 0 Å². The Hall–Kier alpha value is -3.10. The van der Waals surface area contributed by atoms with Gasteiger partial charge in [-0.15, -0.1) is 0 Å². The fraction of sp³-hybridized carbons (Fsp3) is 0.474. The average Bonchev–Trinajstić information content (AvgIpc) is 2.92. The van der Waals surface area contributed by atoms with E-state index < -0.39 is 42.0 Å². The van der Waals surface area contributed by atoms with Crippen LogP contribution in [0.15, 0.2) is 24.3 Å². The molecule has 28 heavy (non-hydrogen) atoms. The molecule has 1 heterocycles. The van der Waals surface area contributed by atoms with Crippen molar-refractivity contribution < 1.29 is 28.7 Å². The second-order valence-electron chi connectivity index (χ2n) is 6.46. The first-order valence-corrected chi connectivity index (χ1v) is 9.04. The molecule has 0 saturated carbocycles. The lowest BCUT2D eigenvalue weighted by molar-refractivity contribution is -0.155. The number of benzene rings is 1. The number of ether oxygens (including phenoxy) is 2. The number of hydrogen-bond acceptors (Lipinski definition) is 6. The highest BCUT2D eigenvalue weighted by atomic mass is 16.5. The summed E-state index contributed by atoms with van der Waals surface area (Å²) in [5.74, 6) is -1.29. The van der Waals surface area contributed by atoms with Crippen LogP contribution in [0.1, 0.15) is 33.6 Å². The van der Waals surface area contributed by atoms with Crippen LogP contribution in [-0.2, 0) is 19.1 Å². The average molecular weight is 391 g/mol. The molecule has 1 aromatic rings. The second kappa shape index (κ2) is 8.73. The number of nitrogens with one attached hydrogen (secondary N) is 2. The monoisotopic (exact) mass is 391 g/mol. The van der Waals surface area contributed by atoms with Gasteiger partial charge in [-0.2, -0.15) is 0 Å². The quantitative estimate of drug-likeness (QED) is 0.515. The van der Waals surface area contributed by atoms with Gasteiger partial charge in [-0.1, -0.05) is 19.9 Å². The van der Waals surface area contributed by atoms with Crippen LogP contribution < -0.4 is 15.4 Å². The lowest BCUT2D eigenvalue weighted by atomic mass is 9.93. The van der Waals surface area contributed by atoms with E-state index in [1.54, 1.807) is 38.1 Å². The zero-order valence-corrected chi connectivity index (χ0v) is 16.4. The first kappa shape index (κ1) is 21.2. The molecule has 152 valence electrons. The van der Waals surface area contributed by atoms with Crippen molar-refractivity contribution in [2.45, 2.75) is 45.3 Å². The Kier molecular flexibility index (Phi) is 6.61. The largest absolute Gasteiger partial charge is 0.497 e. The van der Waals surface area contributed by atoms with E-state index in [1.807, 2.05) is 0 Å². The van der Waals surface area contributed by atoms with Gasteiger partial charge in [0.05, 0.1) is 7.11 Å². The van der Waals surface area contributed by atoms with Crippen molar-refractivity contribution in [3.63, 3.8) is 0 Å². The summed E-state index contributed by atoms with van der Waals surface area (Å²) in [5.41, 5.74) is -0.510. The van der Waals surface area contributed by atoms with Crippen LogP contribution >= 0.6 is 0 Å². The molecule has 0 aromatic heterocycles. The SMILES string of the molecule is CCC1(CC)NC(=O)N(CC(=O)O[C@@H](C)C(=O)Nc2cccc(OC)c2)C1=O. The third-order valence-electron chi connectivity index (χ3n) is 4.75. The Morgan fingerprint density at radius 1 is 1.25 bits per heavy atom. The molecule has 4 amide bonds. The van der Waals surface area contributed by atoms with E-state index in [0.29, 0.717) is 24.3 Å². The van der Waals surface area contributed by atoms with Crippen LogP contribution in [0, 0.1) is 0 Å². The number of anilines is 1. The van der Waals surface area contributed by atoms with E-state index in [-0.39, 0.29) is 0 Å². The van der Waals surface area contributed by atoms with E-state index in [4.69, 9.17) is 9.47 Å². The van der Waals surface area contributed by atoms with E-state index in [1.165, 1.54) is 14.0 Å². The summed E-state index contributed by atoms with van der Waals surface area (Å²) >= 11 is 0. The van der Waals surface area contributed by atoms with Gasteiger partial charge < -0.3 is 20.1 Å². The van der Waals surface area contributed by atoms with E-state index in [0.717, 1.165) is 4.90 Å². The lowest BCUT2D eigenvalue weighted by Gasteiger charge is -2.23. The van der Waals surface area contributed by atoms with Gasteiger partial charge in [0.2, 0.25) is 0 Å². The number of esters is 1. The highest BCUT2D eigenvalue weighted by molar-refractivity contribution is 6.08. The van der Waals surface area contributed by atoms with Crippen LogP contribution in [0.2, 0.25) is 0 Å². The molecule has 9 nitrogen and oxygen atoms in total. The molecule has 0 unspecified atom stereocenters. The van der Waals surface area contributed by atoms with Crippen molar-refractivity contribution >= 4 is 29.5 Å². The third-order valence-corrected chi connectivity index (χ3v) is 4.75. The molecule has 0 bridgehead atoms. The molecule has 1 fully saturated rings. The predicted octanol–water partition coefficient (Wildman–Crippen LogP) is 1.68. The number of carbonyl (C=O) groups is 4. The number of amides is 4. The minimum absolute atomic E-state index is 0.416. The van der Waals surface area contributed by atoms with E-state index in [2.05, 4.69) is 10.6 Å². The smallest absolute Gasteiger partial charge is 0.327 e. The molecule has 1 atom stereocenters. The van der Waals surface area contributed by atoms with Gasteiger partial charge >= 0.3 is 12.0 Å². The van der Waals surface area contributed by atoms with Crippen LogP contribution in [0.5, 0.6) is 5.75 Å². The van der Waals surface area contributed by atoms with Crippen LogP contribution in [0.4, 0.5) is 10.5 Å².